The van der Waals surface area contributed by atoms with Crippen LogP contribution in [-0.2, 0) is 14.3 Å². The number of aromatic nitrogens is 2. The number of nitrogens with one attached hydrogen (secondary N) is 1. The van der Waals surface area contributed by atoms with Crippen molar-refractivity contribution in [2.45, 2.75) is 27.2 Å². The Hall–Kier alpha value is -3.65. The highest BCUT2D eigenvalue weighted by atomic mass is 16.5. The van der Waals surface area contributed by atoms with E-state index in [-0.39, 0.29) is 18.4 Å². The van der Waals surface area contributed by atoms with Gasteiger partial charge in [-0.1, -0.05) is 13.0 Å². The molecule has 1 N–H and O–H groups in total. The number of benzene rings is 2. The maximum Gasteiger partial charge on any atom is 0.246 e. The van der Waals surface area contributed by atoms with Crippen LogP contribution in [0, 0.1) is 13.8 Å². The molecule has 0 saturated carbocycles. The molecule has 180 valence electrons. The van der Waals surface area contributed by atoms with Crippen molar-refractivity contribution in [1.82, 2.24) is 14.5 Å². The first kappa shape index (κ1) is 25.0. The molecule has 1 heterocycles. The predicted molar refractivity (Wildman–Crippen MR) is 132 cm³/mol. The fourth-order valence-electron chi connectivity index (χ4n) is 3.50. The summed E-state index contributed by atoms with van der Waals surface area (Å²) in [5, 5.41) is 2.90. The standard InChI is InChI=1S/C26H32N4O4/c1-6-25(32)29(13-14-33-4)17-24(31)28-26-27-23(20-8-11-22(34-5)12-9-20)16-30(26)21-10-7-18(2)19(3)15-21/h7-12,15-16H,6,13-14,17H2,1-5H3,(H,27,28,31). The molecule has 0 radical (unpaired) electrons. The van der Waals surface area contributed by atoms with Gasteiger partial charge in [0.15, 0.2) is 0 Å². The van der Waals surface area contributed by atoms with Gasteiger partial charge in [0.2, 0.25) is 17.8 Å². The van der Waals surface area contributed by atoms with Crippen LogP contribution >= 0.6 is 0 Å². The van der Waals surface area contributed by atoms with Crippen LogP contribution in [0.25, 0.3) is 16.9 Å². The number of carbonyl (C=O) groups is 2. The van der Waals surface area contributed by atoms with E-state index in [1.54, 1.807) is 21.1 Å². The molecule has 8 nitrogen and oxygen atoms in total. The average molecular weight is 465 g/mol. The number of imidazole rings is 1. The van der Waals surface area contributed by atoms with Gasteiger partial charge in [0.1, 0.15) is 12.3 Å². The quantitative estimate of drug-likeness (QED) is 0.490. The molecule has 0 aliphatic rings. The van der Waals surface area contributed by atoms with Crippen molar-refractivity contribution in [2.24, 2.45) is 0 Å². The first-order chi connectivity index (χ1) is 16.4. The minimum absolute atomic E-state index is 0.0757. The normalized spacial score (nSPS) is 10.7. The highest BCUT2D eigenvalue weighted by Crippen LogP contribution is 2.27. The minimum Gasteiger partial charge on any atom is -0.497 e. The van der Waals surface area contributed by atoms with Crippen molar-refractivity contribution in [3.8, 4) is 22.7 Å². The Kier molecular flexibility index (Phi) is 8.43. The van der Waals surface area contributed by atoms with Crippen LogP contribution in [0.3, 0.4) is 0 Å². The molecule has 8 heteroatoms. The number of carbonyl (C=O) groups excluding carboxylic acids is 2. The Labute approximate surface area is 200 Å². The van der Waals surface area contributed by atoms with Crippen LogP contribution < -0.4 is 10.1 Å². The Morgan fingerprint density at radius 1 is 1.06 bits per heavy atom. The monoisotopic (exact) mass is 464 g/mol. The third-order valence-electron chi connectivity index (χ3n) is 5.67. The van der Waals surface area contributed by atoms with Gasteiger partial charge in [0.05, 0.1) is 19.4 Å². The SMILES string of the molecule is CCC(=O)N(CCOC)CC(=O)Nc1nc(-c2ccc(OC)cc2)cn1-c1ccc(C)c(C)c1. The summed E-state index contributed by atoms with van der Waals surface area (Å²) in [6.07, 6.45) is 2.21. The number of nitrogens with zero attached hydrogens (tertiary/aromatic N) is 3. The van der Waals surface area contributed by atoms with Crippen molar-refractivity contribution >= 4 is 17.8 Å². The number of hydrogen-bond donors (Lipinski definition) is 1. The first-order valence-corrected chi connectivity index (χ1v) is 11.2. The van der Waals surface area contributed by atoms with Crippen molar-refractivity contribution in [3.63, 3.8) is 0 Å². The van der Waals surface area contributed by atoms with E-state index in [1.807, 2.05) is 54.1 Å². The minimum atomic E-state index is -0.324. The molecule has 0 saturated heterocycles. The summed E-state index contributed by atoms with van der Waals surface area (Å²) in [5.41, 5.74) is 4.79. The molecule has 3 aromatic rings. The lowest BCUT2D eigenvalue weighted by atomic mass is 10.1. The van der Waals surface area contributed by atoms with Crippen LogP contribution in [0.1, 0.15) is 24.5 Å². The van der Waals surface area contributed by atoms with Gasteiger partial charge < -0.3 is 14.4 Å². The lowest BCUT2D eigenvalue weighted by molar-refractivity contribution is -0.135. The smallest absolute Gasteiger partial charge is 0.246 e. The maximum absolute atomic E-state index is 12.9. The Morgan fingerprint density at radius 2 is 1.79 bits per heavy atom. The van der Waals surface area contributed by atoms with Crippen molar-refractivity contribution < 1.29 is 19.1 Å². The molecular weight excluding hydrogens is 432 g/mol. The summed E-state index contributed by atoms with van der Waals surface area (Å²) in [7, 11) is 3.19. The highest BCUT2D eigenvalue weighted by molar-refractivity contribution is 5.93. The van der Waals surface area contributed by atoms with E-state index in [2.05, 4.69) is 18.3 Å². The molecule has 0 bridgehead atoms. The molecular formula is C26H32N4O4. The molecule has 0 spiro atoms. The molecule has 0 fully saturated rings. The van der Waals surface area contributed by atoms with Gasteiger partial charge in [0.25, 0.3) is 0 Å². The fourth-order valence-corrected chi connectivity index (χ4v) is 3.50. The van der Waals surface area contributed by atoms with E-state index in [1.165, 1.54) is 10.5 Å². The summed E-state index contributed by atoms with van der Waals surface area (Å²) in [4.78, 5) is 31.4. The van der Waals surface area contributed by atoms with Crippen molar-refractivity contribution in [1.29, 1.82) is 0 Å². The highest BCUT2D eigenvalue weighted by Gasteiger charge is 2.19. The van der Waals surface area contributed by atoms with Crippen LogP contribution in [0.15, 0.2) is 48.7 Å². The Morgan fingerprint density at radius 3 is 2.41 bits per heavy atom. The van der Waals surface area contributed by atoms with Gasteiger partial charge in [0, 0.05) is 37.5 Å². The first-order valence-electron chi connectivity index (χ1n) is 11.2. The molecule has 1 aromatic heterocycles. The second-order valence-corrected chi connectivity index (χ2v) is 8.03. The summed E-state index contributed by atoms with van der Waals surface area (Å²) in [6.45, 7) is 6.50. The van der Waals surface area contributed by atoms with E-state index in [9.17, 15) is 9.59 Å². The van der Waals surface area contributed by atoms with Gasteiger partial charge in [-0.15, -0.1) is 0 Å². The summed E-state index contributed by atoms with van der Waals surface area (Å²) < 4.78 is 12.2. The zero-order chi connectivity index (χ0) is 24.7. The number of methoxy groups -OCH3 is 2. The lowest BCUT2D eigenvalue weighted by Gasteiger charge is -2.21. The summed E-state index contributed by atoms with van der Waals surface area (Å²) in [6, 6.07) is 13.7. The Balaban J connectivity index is 1.93. The summed E-state index contributed by atoms with van der Waals surface area (Å²) >= 11 is 0. The molecule has 0 aliphatic carbocycles. The zero-order valence-electron chi connectivity index (χ0n) is 20.4. The van der Waals surface area contributed by atoms with E-state index in [0.717, 1.165) is 22.6 Å². The number of rotatable bonds is 10. The van der Waals surface area contributed by atoms with Crippen LogP contribution in [0.2, 0.25) is 0 Å². The van der Waals surface area contributed by atoms with Gasteiger partial charge in [-0.3, -0.25) is 19.5 Å². The summed E-state index contributed by atoms with van der Waals surface area (Å²) in [5.74, 6) is 0.704. The second kappa shape index (κ2) is 11.5. The molecule has 34 heavy (non-hydrogen) atoms. The average Bonchev–Trinajstić information content (AvgIpc) is 3.26. The van der Waals surface area contributed by atoms with Crippen molar-refractivity contribution in [3.05, 3.63) is 59.8 Å². The van der Waals surface area contributed by atoms with Gasteiger partial charge in [-0.05, 0) is 61.4 Å². The van der Waals surface area contributed by atoms with Crippen LogP contribution in [0.4, 0.5) is 5.95 Å². The molecule has 0 atom stereocenters. The molecule has 0 aliphatic heterocycles. The fraction of sp³-hybridized carbons (Fsp3) is 0.346. The third-order valence-corrected chi connectivity index (χ3v) is 5.67. The number of amides is 2. The molecule has 2 amide bonds. The van der Waals surface area contributed by atoms with Crippen LogP contribution in [0.5, 0.6) is 5.75 Å². The maximum atomic E-state index is 12.9. The van der Waals surface area contributed by atoms with Crippen LogP contribution in [-0.4, -0.2) is 60.2 Å². The molecule has 3 rings (SSSR count). The largest absolute Gasteiger partial charge is 0.497 e. The third kappa shape index (κ3) is 6.02. The lowest BCUT2D eigenvalue weighted by Crippen LogP contribution is -2.39. The molecule has 2 aromatic carbocycles. The topological polar surface area (TPSA) is 85.7 Å². The van der Waals surface area contributed by atoms with E-state index >= 15 is 0 Å². The van der Waals surface area contributed by atoms with Gasteiger partial charge in [-0.25, -0.2) is 4.98 Å². The number of anilines is 1. The Bertz CT molecular complexity index is 1140. The molecule has 0 unspecified atom stereocenters. The zero-order valence-corrected chi connectivity index (χ0v) is 20.4. The van der Waals surface area contributed by atoms with Gasteiger partial charge in [-0.2, -0.15) is 0 Å². The number of ether oxygens (including phenoxy) is 2. The number of aryl methyl sites for hydroxylation is 2. The van der Waals surface area contributed by atoms with E-state index < -0.39 is 0 Å². The number of hydrogen-bond acceptors (Lipinski definition) is 5. The second-order valence-electron chi connectivity index (χ2n) is 8.03. The predicted octanol–water partition coefficient (Wildman–Crippen LogP) is 3.99. The van der Waals surface area contributed by atoms with E-state index in [0.29, 0.717) is 31.2 Å². The van der Waals surface area contributed by atoms with Crippen molar-refractivity contribution in [2.75, 3.05) is 39.2 Å². The van der Waals surface area contributed by atoms with Gasteiger partial charge >= 0.3 is 0 Å². The van der Waals surface area contributed by atoms with E-state index in [4.69, 9.17) is 14.5 Å².